The Morgan fingerprint density at radius 2 is 1.35 bits per heavy atom. The van der Waals surface area contributed by atoms with Crippen LogP contribution in [0.4, 0.5) is 0 Å². The fraction of sp³-hybridized carbons (Fsp3) is 0.174. The molecule has 0 amide bonds. The third kappa shape index (κ3) is 5.49. The molecule has 0 saturated carbocycles. The van der Waals surface area contributed by atoms with E-state index in [2.05, 4.69) is 0 Å². The van der Waals surface area contributed by atoms with Crippen molar-refractivity contribution < 1.29 is 14.3 Å². The van der Waals surface area contributed by atoms with Crippen molar-refractivity contribution >= 4 is 5.97 Å². The first kappa shape index (κ1) is 17.7. The fourth-order valence-corrected chi connectivity index (χ4v) is 2.71. The highest BCUT2D eigenvalue weighted by atomic mass is 16.5. The van der Waals surface area contributed by atoms with Crippen LogP contribution in [-0.4, -0.2) is 12.6 Å². The number of hydrogen-bond acceptors (Lipinski definition) is 3. The number of para-hydroxylation sites is 1. The van der Waals surface area contributed by atoms with Crippen LogP contribution in [0.5, 0.6) is 5.75 Å². The van der Waals surface area contributed by atoms with Gasteiger partial charge >= 0.3 is 5.97 Å². The smallest absolute Gasteiger partial charge is 0.306 e. The fourth-order valence-electron chi connectivity index (χ4n) is 2.71. The van der Waals surface area contributed by atoms with E-state index < -0.39 is 0 Å². The van der Waals surface area contributed by atoms with Gasteiger partial charge in [-0.25, -0.2) is 0 Å². The van der Waals surface area contributed by atoms with Crippen molar-refractivity contribution in [3.63, 3.8) is 0 Å². The van der Waals surface area contributed by atoms with E-state index in [1.807, 2.05) is 91.0 Å². The Kier molecular flexibility index (Phi) is 6.43. The van der Waals surface area contributed by atoms with Gasteiger partial charge in [0.2, 0.25) is 0 Å². The van der Waals surface area contributed by atoms with Gasteiger partial charge in [0.1, 0.15) is 12.4 Å². The van der Waals surface area contributed by atoms with E-state index in [1.165, 1.54) is 0 Å². The van der Waals surface area contributed by atoms with Crippen LogP contribution in [0.1, 0.15) is 23.5 Å². The van der Waals surface area contributed by atoms with Crippen LogP contribution < -0.4 is 4.74 Å². The third-order valence-corrected chi connectivity index (χ3v) is 4.12. The monoisotopic (exact) mass is 346 g/mol. The van der Waals surface area contributed by atoms with Crippen LogP contribution in [-0.2, 0) is 16.1 Å². The quantitative estimate of drug-likeness (QED) is 0.540. The number of ether oxygens (including phenoxy) is 2. The molecule has 0 spiro atoms. The summed E-state index contributed by atoms with van der Waals surface area (Å²) in [5.41, 5.74) is 2.05. The molecule has 0 saturated heterocycles. The first-order valence-corrected chi connectivity index (χ1v) is 8.73. The summed E-state index contributed by atoms with van der Waals surface area (Å²) in [6.07, 6.45) is 0.281. The van der Waals surface area contributed by atoms with Crippen LogP contribution in [0.25, 0.3) is 0 Å². The molecule has 3 rings (SSSR count). The highest BCUT2D eigenvalue weighted by molar-refractivity contribution is 5.70. The van der Waals surface area contributed by atoms with E-state index in [4.69, 9.17) is 9.47 Å². The highest BCUT2D eigenvalue weighted by Gasteiger charge is 2.18. The Morgan fingerprint density at radius 1 is 0.769 bits per heavy atom. The molecule has 0 aliphatic carbocycles. The van der Waals surface area contributed by atoms with Crippen LogP contribution >= 0.6 is 0 Å². The second kappa shape index (κ2) is 9.42. The van der Waals surface area contributed by atoms with E-state index in [0.717, 1.165) is 16.9 Å². The minimum Gasteiger partial charge on any atom is -0.493 e. The molecule has 0 heterocycles. The largest absolute Gasteiger partial charge is 0.493 e. The zero-order chi connectivity index (χ0) is 18.0. The van der Waals surface area contributed by atoms with Gasteiger partial charge in [0.05, 0.1) is 13.0 Å². The van der Waals surface area contributed by atoms with Crippen LogP contribution in [0, 0.1) is 0 Å². The number of carbonyl (C=O) groups excluding carboxylic acids is 1. The number of benzene rings is 3. The van der Waals surface area contributed by atoms with Crippen molar-refractivity contribution in [3.8, 4) is 5.75 Å². The van der Waals surface area contributed by atoms with Gasteiger partial charge in [0, 0.05) is 5.92 Å². The molecule has 1 unspecified atom stereocenters. The lowest BCUT2D eigenvalue weighted by Gasteiger charge is -2.18. The minimum absolute atomic E-state index is 0.0559. The Bertz CT molecular complexity index is 785. The summed E-state index contributed by atoms with van der Waals surface area (Å²) in [6.45, 7) is 0.717. The predicted octanol–water partition coefficient (Wildman–Crippen LogP) is 4.98. The predicted molar refractivity (Wildman–Crippen MR) is 102 cm³/mol. The van der Waals surface area contributed by atoms with Crippen molar-refractivity contribution in [2.24, 2.45) is 0 Å². The lowest BCUT2D eigenvalue weighted by molar-refractivity contribution is -0.145. The molecular formula is C23H22O3. The molecule has 3 aromatic carbocycles. The zero-order valence-electron chi connectivity index (χ0n) is 14.6. The molecule has 0 bridgehead atoms. The van der Waals surface area contributed by atoms with Gasteiger partial charge in [-0.2, -0.15) is 0 Å². The van der Waals surface area contributed by atoms with Crippen LogP contribution in [0.2, 0.25) is 0 Å². The molecule has 0 radical (unpaired) electrons. The van der Waals surface area contributed by atoms with Gasteiger partial charge in [-0.1, -0.05) is 78.9 Å². The van der Waals surface area contributed by atoms with Crippen molar-refractivity contribution in [1.82, 2.24) is 0 Å². The topological polar surface area (TPSA) is 35.5 Å². The van der Waals surface area contributed by atoms with E-state index in [9.17, 15) is 4.79 Å². The normalized spacial score (nSPS) is 11.5. The van der Waals surface area contributed by atoms with Gasteiger partial charge in [-0.15, -0.1) is 0 Å². The zero-order valence-corrected chi connectivity index (χ0v) is 14.6. The Hall–Kier alpha value is -3.07. The molecule has 0 fully saturated rings. The Labute approximate surface area is 154 Å². The van der Waals surface area contributed by atoms with Crippen molar-refractivity contribution in [2.75, 3.05) is 6.61 Å². The van der Waals surface area contributed by atoms with Gasteiger partial charge in [-0.3, -0.25) is 4.79 Å². The summed E-state index contributed by atoms with van der Waals surface area (Å²) < 4.78 is 11.3. The molecule has 3 nitrogen and oxygen atoms in total. The average Bonchev–Trinajstić information content (AvgIpc) is 2.72. The number of rotatable bonds is 8. The number of esters is 1. The van der Waals surface area contributed by atoms with Crippen molar-refractivity contribution in [3.05, 3.63) is 102 Å². The molecule has 1 atom stereocenters. The van der Waals surface area contributed by atoms with Gasteiger partial charge in [0.25, 0.3) is 0 Å². The summed E-state index contributed by atoms with van der Waals surface area (Å²) >= 11 is 0. The van der Waals surface area contributed by atoms with Crippen molar-refractivity contribution in [1.29, 1.82) is 0 Å². The lowest BCUT2D eigenvalue weighted by atomic mass is 9.96. The van der Waals surface area contributed by atoms with E-state index in [0.29, 0.717) is 13.2 Å². The maximum atomic E-state index is 12.3. The second-order valence-corrected chi connectivity index (χ2v) is 6.08. The summed E-state index contributed by atoms with van der Waals surface area (Å²) in [4.78, 5) is 12.3. The van der Waals surface area contributed by atoms with E-state index in [-0.39, 0.29) is 18.3 Å². The lowest BCUT2D eigenvalue weighted by Crippen LogP contribution is -2.16. The first-order valence-electron chi connectivity index (χ1n) is 8.73. The summed E-state index contributed by atoms with van der Waals surface area (Å²) in [5, 5.41) is 0. The molecule has 3 heteroatoms. The Balaban J connectivity index is 1.60. The molecule has 0 aliphatic rings. The SMILES string of the molecule is O=C(CC(COc1ccccc1)c1ccccc1)OCc1ccccc1. The molecule has 132 valence electrons. The van der Waals surface area contributed by atoms with Gasteiger partial charge < -0.3 is 9.47 Å². The molecular weight excluding hydrogens is 324 g/mol. The minimum atomic E-state index is -0.223. The molecule has 0 aliphatic heterocycles. The highest BCUT2D eigenvalue weighted by Crippen LogP contribution is 2.22. The summed E-state index contributed by atoms with van der Waals surface area (Å²) in [7, 11) is 0. The maximum absolute atomic E-state index is 12.3. The second-order valence-electron chi connectivity index (χ2n) is 6.08. The first-order chi connectivity index (χ1) is 12.8. The van der Waals surface area contributed by atoms with Crippen molar-refractivity contribution in [2.45, 2.75) is 18.9 Å². The number of carbonyl (C=O) groups is 1. The Morgan fingerprint density at radius 3 is 2.00 bits per heavy atom. The molecule has 26 heavy (non-hydrogen) atoms. The third-order valence-electron chi connectivity index (χ3n) is 4.12. The van der Waals surface area contributed by atoms with Crippen LogP contribution in [0.15, 0.2) is 91.0 Å². The standard InChI is InChI=1S/C23H22O3/c24-23(26-17-19-10-4-1-5-11-19)16-21(20-12-6-2-7-13-20)18-25-22-14-8-3-9-15-22/h1-15,21H,16-18H2. The number of hydrogen-bond donors (Lipinski definition) is 0. The maximum Gasteiger partial charge on any atom is 0.306 e. The molecule has 0 aromatic heterocycles. The summed E-state index contributed by atoms with van der Waals surface area (Å²) in [5.74, 6) is 0.519. The van der Waals surface area contributed by atoms with E-state index in [1.54, 1.807) is 0 Å². The van der Waals surface area contributed by atoms with Gasteiger partial charge in [0.15, 0.2) is 0 Å². The molecule has 3 aromatic rings. The van der Waals surface area contributed by atoms with Gasteiger partial charge in [-0.05, 0) is 23.3 Å². The van der Waals surface area contributed by atoms with Crippen LogP contribution in [0.3, 0.4) is 0 Å². The van der Waals surface area contributed by atoms with E-state index >= 15 is 0 Å². The average molecular weight is 346 g/mol. The molecule has 0 N–H and O–H groups in total. The summed E-state index contributed by atoms with van der Waals surface area (Å²) in [6, 6.07) is 29.3.